The van der Waals surface area contributed by atoms with Gasteiger partial charge in [-0.15, -0.1) is 0 Å². The van der Waals surface area contributed by atoms with Gasteiger partial charge in [0.2, 0.25) is 0 Å². The lowest BCUT2D eigenvalue weighted by Crippen LogP contribution is -2.61. The van der Waals surface area contributed by atoms with Crippen LogP contribution >= 0.6 is 0 Å². The van der Waals surface area contributed by atoms with Crippen LogP contribution in [0.5, 0.6) is 0 Å². The molecule has 4 rings (SSSR count). The van der Waals surface area contributed by atoms with Gasteiger partial charge in [0, 0.05) is 33.3 Å². The van der Waals surface area contributed by atoms with E-state index in [0.717, 1.165) is 37.8 Å². The molecule has 12 heteroatoms. The van der Waals surface area contributed by atoms with Gasteiger partial charge < -0.3 is 23.7 Å². The van der Waals surface area contributed by atoms with E-state index >= 15 is 0 Å². The fraction of sp³-hybridized carbons (Fsp3) is 0.333. The van der Waals surface area contributed by atoms with Gasteiger partial charge in [0.15, 0.2) is 24.5 Å². The minimum Gasteiger partial charge on any atom is -0.463 e. The van der Waals surface area contributed by atoms with Crippen LogP contribution in [0.4, 0.5) is 0 Å². The van der Waals surface area contributed by atoms with Crippen LogP contribution in [0.3, 0.4) is 0 Å². The number of hydrogen-bond acceptors (Lipinski definition) is 11. The number of carbonyl (C=O) groups excluding carboxylic acids is 4. The summed E-state index contributed by atoms with van der Waals surface area (Å²) in [5.74, 6) is -3.11. The Bertz CT molecular complexity index is 1690. The van der Waals surface area contributed by atoms with Gasteiger partial charge in [-0.05, 0) is 24.1 Å². The molecule has 5 atom stereocenters. The number of carbonyl (C=O) groups is 4. The molecule has 12 nitrogen and oxygen atoms in total. The number of esters is 4. The fourth-order valence-corrected chi connectivity index (χ4v) is 5.19. The zero-order chi connectivity index (χ0) is 32.8. The third-order valence-electron chi connectivity index (χ3n) is 7.01. The molecule has 0 saturated carbocycles. The monoisotopic (exact) mass is 616 g/mol. The Morgan fingerprint density at radius 1 is 0.800 bits per heavy atom. The van der Waals surface area contributed by atoms with Crippen LogP contribution in [0.1, 0.15) is 45.0 Å². The number of rotatable bonds is 8. The molecule has 3 aromatic rings. The highest BCUT2D eigenvalue weighted by molar-refractivity contribution is 5.76. The van der Waals surface area contributed by atoms with Crippen molar-refractivity contribution in [2.75, 3.05) is 6.61 Å². The van der Waals surface area contributed by atoms with Gasteiger partial charge in [0.1, 0.15) is 24.3 Å². The first kappa shape index (κ1) is 32.6. The minimum absolute atomic E-state index is 0.232. The molecule has 234 valence electrons. The van der Waals surface area contributed by atoms with Crippen molar-refractivity contribution in [3.05, 3.63) is 82.1 Å². The molecular weight excluding hydrogens is 584 g/mol. The van der Waals surface area contributed by atoms with Crippen molar-refractivity contribution in [2.24, 2.45) is 0 Å². The highest BCUT2D eigenvalue weighted by Crippen LogP contribution is 2.38. The maximum Gasteiger partial charge on any atom is 0.303 e. The van der Waals surface area contributed by atoms with Crippen LogP contribution in [0.2, 0.25) is 0 Å². The van der Waals surface area contributed by atoms with E-state index in [9.17, 15) is 29.2 Å². The summed E-state index contributed by atoms with van der Waals surface area (Å²) >= 11 is 0. The summed E-state index contributed by atoms with van der Waals surface area (Å²) in [6, 6.07) is 19.7. The molecule has 1 aliphatic rings. The Morgan fingerprint density at radius 2 is 1.38 bits per heavy atom. The number of nitrogens with zero attached hydrogens (tertiary/aromatic N) is 2. The molecule has 1 saturated heterocycles. The third-order valence-corrected chi connectivity index (χ3v) is 7.01. The van der Waals surface area contributed by atoms with Crippen LogP contribution < -0.4 is 5.56 Å². The summed E-state index contributed by atoms with van der Waals surface area (Å²) in [4.78, 5) is 63.1. The molecule has 0 spiro atoms. The summed E-state index contributed by atoms with van der Waals surface area (Å²) < 4.78 is 29.3. The van der Waals surface area contributed by atoms with Crippen molar-refractivity contribution < 1.29 is 42.9 Å². The summed E-state index contributed by atoms with van der Waals surface area (Å²) in [5, 5.41) is 10.2. The quantitative estimate of drug-likeness (QED) is 0.269. The van der Waals surface area contributed by atoms with E-state index in [-0.39, 0.29) is 11.3 Å². The van der Waals surface area contributed by atoms with Crippen molar-refractivity contribution in [1.82, 2.24) is 4.57 Å². The minimum atomic E-state index is -1.56. The van der Waals surface area contributed by atoms with Gasteiger partial charge in [0.25, 0.3) is 5.56 Å². The largest absolute Gasteiger partial charge is 0.463 e. The van der Waals surface area contributed by atoms with Gasteiger partial charge in [-0.1, -0.05) is 60.2 Å². The summed E-state index contributed by atoms with van der Waals surface area (Å²) in [6.07, 6.45) is -7.32. The SMILES string of the molecule is CC(=O)OC[C@H]1O[C@@H](n2c(-c3ccc(C)cc3)cc(-c3ccccc3)c(C#N)c2=O)[C@H](OC(C)=O)[C@@H](OC(C)=O)[C@@H]1OC(C)=O. The molecule has 45 heavy (non-hydrogen) atoms. The number of nitriles is 1. The maximum absolute atomic E-state index is 14.4. The number of ether oxygens (including phenoxy) is 5. The molecule has 2 heterocycles. The predicted octanol–water partition coefficient (Wildman–Crippen LogP) is 3.62. The lowest BCUT2D eigenvalue weighted by atomic mass is 9.94. The Hall–Kier alpha value is -5.28. The molecule has 2 aromatic carbocycles. The van der Waals surface area contributed by atoms with Crippen LogP contribution in [0.15, 0.2) is 65.5 Å². The molecule has 0 unspecified atom stereocenters. The molecule has 0 N–H and O–H groups in total. The van der Waals surface area contributed by atoms with Crippen LogP contribution in [0.25, 0.3) is 22.4 Å². The van der Waals surface area contributed by atoms with E-state index in [4.69, 9.17) is 23.7 Å². The molecular formula is C33H32N2O10. The van der Waals surface area contributed by atoms with E-state index in [0.29, 0.717) is 16.7 Å². The van der Waals surface area contributed by atoms with Crippen molar-refractivity contribution in [1.29, 1.82) is 5.26 Å². The first-order valence-electron chi connectivity index (χ1n) is 14.0. The van der Waals surface area contributed by atoms with E-state index in [1.54, 1.807) is 48.5 Å². The van der Waals surface area contributed by atoms with Gasteiger partial charge >= 0.3 is 23.9 Å². The smallest absolute Gasteiger partial charge is 0.303 e. The number of pyridine rings is 1. The normalized spacial score (nSPS) is 20.8. The van der Waals surface area contributed by atoms with Crippen molar-refractivity contribution in [3.8, 4) is 28.5 Å². The Kier molecular flexibility index (Phi) is 10.2. The Balaban J connectivity index is 2.05. The van der Waals surface area contributed by atoms with Gasteiger partial charge in [-0.2, -0.15) is 5.26 Å². The standard InChI is InChI=1S/C33H32N2O10/c1-18-11-13-24(14-12-18)27-15-25(23-9-7-6-8-10-23)26(16-34)32(40)35(27)33-31(44-22(5)39)30(43-21(4)38)29(42-20(3)37)28(45-33)17-41-19(2)36/h6-15,28-31,33H,17H2,1-5H3/t28-,29-,30+,31-,33-/m1/s1. The highest BCUT2D eigenvalue weighted by atomic mass is 16.7. The summed E-state index contributed by atoms with van der Waals surface area (Å²) in [6.45, 7) is 5.90. The predicted molar refractivity (Wildman–Crippen MR) is 158 cm³/mol. The molecule has 0 amide bonds. The average Bonchev–Trinajstić information content (AvgIpc) is 2.98. The molecule has 1 aliphatic heterocycles. The fourth-order valence-electron chi connectivity index (χ4n) is 5.19. The lowest BCUT2D eigenvalue weighted by Gasteiger charge is -2.45. The van der Waals surface area contributed by atoms with Gasteiger partial charge in [0.05, 0.1) is 5.69 Å². The van der Waals surface area contributed by atoms with Crippen molar-refractivity contribution in [2.45, 2.75) is 65.3 Å². The number of benzene rings is 2. The number of aryl methyl sites for hydroxylation is 1. The van der Waals surface area contributed by atoms with E-state index in [1.165, 1.54) is 0 Å². The number of aromatic nitrogens is 1. The van der Waals surface area contributed by atoms with E-state index in [2.05, 4.69) is 0 Å². The summed E-state index contributed by atoms with van der Waals surface area (Å²) in [7, 11) is 0. The summed E-state index contributed by atoms with van der Waals surface area (Å²) in [5.41, 5.74) is 1.69. The third kappa shape index (κ3) is 7.45. The average molecular weight is 617 g/mol. The zero-order valence-corrected chi connectivity index (χ0v) is 25.3. The maximum atomic E-state index is 14.4. The van der Waals surface area contributed by atoms with Crippen LogP contribution in [-0.2, 0) is 42.9 Å². The topological polar surface area (TPSA) is 160 Å². The van der Waals surface area contributed by atoms with E-state index in [1.807, 2.05) is 25.1 Å². The second-order valence-corrected chi connectivity index (χ2v) is 10.4. The van der Waals surface area contributed by atoms with Gasteiger partial charge in [-0.3, -0.25) is 28.5 Å². The Labute approximate surface area is 259 Å². The molecule has 0 aliphatic carbocycles. The lowest BCUT2D eigenvalue weighted by molar-refractivity contribution is -0.268. The second-order valence-electron chi connectivity index (χ2n) is 10.4. The first-order chi connectivity index (χ1) is 21.4. The van der Waals surface area contributed by atoms with E-state index < -0.39 is 66.7 Å². The first-order valence-corrected chi connectivity index (χ1v) is 14.0. The molecule has 1 aromatic heterocycles. The highest BCUT2D eigenvalue weighted by Gasteiger charge is 2.53. The molecule has 0 bridgehead atoms. The van der Waals surface area contributed by atoms with Crippen LogP contribution in [0, 0.1) is 18.3 Å². The van der Waals surface area contributed by atoms with Crippen molar-refractivity contribution >= 4 is 23.9 Å². The second kappa shape index (κ2) is 14.0. The molecule has 1 fully saturated rings. The van der Waals surface area contributed by atoms with Crippen LogP contribution in [-0.4, -0.2) is 59.5 Å². The van der Waals surface area contributed by atoms with Gasteiger partial charge in [-0.25, -0.2) is 0 Å². The zero-order valence-electron chi connectivity index (χ0n) is 25.3. The molecule has 0 radical (unpaired) electrons. The van der Waals surface area contributed by atoms with Crippen molar-refractivity contribution in [3.63, 3.8) is 0 Å². The number of hydrogen-bond donors (Lipinski definition) is 0. The Morgan fingerprint density at radius 3 is 1.93 bits per heavy atom.